The molecular weight excluding hydrogens is 558 g/mol. The number of nitrogens with one attached hydrogen (secondary N) is 1. The van der Waals surface area contributed by atoms with Crippen molar-refractivity contribution in [1.82, 2.24) is 19.2 Å². The number of hydrogen-bond acceptors (Lipinski definition) is 6. The molecule has 1 N–H and O–H groups in total. The summed E-state index contributed by atoms with van der Waals surface area (Å²) in [6, 6.07) is 5.02. The lowest BCUT2D eigenvalue weighted by molar-refractivity contribution is 0.0734. The number of halogens is 4. The van der Waals surface area contributed by atoms with E-state index in [1.165, 1.54) is 6.07 Å². The van der Waals surface area contributed by atoms with E-state index in [2.05, 4.69) is 15.3 Å². The van der Waals surface area contributed by atoms with Gasteiger partial charge in [0.1, 0.15) is 29.8 Å². The minimum Gasteiger partial charge on any atom is -0.364 e. The number of rotatable bonds is 5. The van der Waals surface area contributed by atoms with E-state index in [0.29, 0.717) is 42.0 Å². The van der Waals surface area contributed by atoms with Crippen LogP contribution >= 0.6 is 0 Å². The molecule has 1 aliphatic carbocycles. The Bertz CT molecular complexity index is 1560. The van der Waals surface area contributed by atoms with Crippen molar-refractivity contribution >= 4 is 26.6 Å². The fourth-order valence-electron chi connectivity index (χ4n) is 6.70. The Morgan fingerprint density at radius 3 is 2.59 bits per heavy atom. The number of piperidine rings is 2. The van der Waals surface area contributed by atoms with Crippen molar-refractivity contribution in [3.05, 3.63) is 65.1 Å². The molecular formula is C29H33F4N5O2S. The van der Waals surface area contributed by atoms with E-state index in [1.807, 2.05) is 4.90 Å². The summed E-state index contributed by atoms with van der Waals surface area (Å²) in [5.41, 5.74) is 1.75. The van der Waals surface area contributed by atoms with Crippen molar-refractivity contribution in [3.63, 3.8) is 0 Å². The van der Waals surface area contributed by atoms with Gasteiger partial charge in [0.25, 0.3) is 0 Å². The maximum Gasteiger partial charge on any atom is 0.211 e. The van der Waals surface area contributed by atoms with Crippen LogP contribution in [0.15, 0.2) is 36.7 Å². The van der Waals surface area contributed by atoms with E-state index >= 15 is 4.39 Å². The summed E-state index contributed by atoms with van der Waals surface area (Å²) in [5, 5.41) is 4.61. The summed E-state index contributed by atoms with van der Waals surface area (Å²) in [5.74, 6) is -1.21. The van der Waals surface area contributed by atoms with Gasteiger partial charge >= 0.3 is 0 Å². The average molecular weight is 592 g/mol. The van der Waals surface area contributed by atoms with Crippen LogP contribution in [-0.2, 0) is 16.4 Å². The third kappa shape index (κ3) is 5.65. The summed E-state index contributed by atoms with van der Waals surface area (Å²) in [6.45, 7) is 0.682. The molecule has 0 saturated carbocycles. The first-order valence-electron chi connectivity index (χ1n) is 14.0. The van der Waals surface area contributed by atoms with Crippen molar-refractivity contribution in [2.24, 2.45) is 0 Å². The van der Waals surface area contributed by atoms with Gasteiger partial charge in [-0.2, -0.15) is 4.31 Å². The van der Waals surface area contributed by atoms with E-state index in [1.54, 1.807) is 24.5 Å². The number of benzene rings is 1. The van der Waals surface area contributed by atoms with E-state index in [0.717, 1.165) is 40.2 Å². The molecule has 0 radical (unpaired) electrons. The number of sulfonamides is 1. The van der Waals surface area contributed by atoms with Gasteiger partial charge in [-0.3, -0.25) is 9.88 Å². The minimum atomic E-state index is -3.47. The number of hydrogen-bond donors (Lipinski definition) is 1. The summed E-state index contributed by atoms with van der Waals surface area (Å²) < 4.78 is 84.0. The molecule has 7 nitrogen and oxygen atoms in total. The van der Waals surface area contributed by atoms with Gasteiger partial charge in [-0.25, -0.2) is 31.0 Å². The van der Waals surface area contributed by atoms with Gasteiger partial charge in [0.05, 0.1) is 18.0 Å². The fraction of sp³-hybridized carbons (Fsp3) is 0.517. The van der Waals surface area contributed by atoms with Crippen molar-refractivity contribution in [3.8, 4) is 0 Å². The highest BCUT2D eigenvalue weighted by Gasteiger charge is 2.38. The number of aromatic nitrogens is 2. The lowest BCUT2D eigenvalue weighted by Crippen LogP contribution is -2.49. The second-order valence-corrected chi connectivity index (χ2v) is 13.4. The van der Waals surface area contributed by atoms with Crippen LogP contribution in [0.25, 0.3) is 10.8 Å². The zero-order chi connectivity index (χ0) is 28.9. The maximum atomic E-state index is 15.9. The lowest BCUT2D eigenvalue weighted by atomic mass is 9.83. The van der Waals surface area contributed by atoms with E-state index in [9.17, 15) is 21.6 Å². The highest BCUT2D eigenvalue weighted by molar-refractivity contribution is 7.88. The SMILES string of the molecule is CS(=O)(=O)N1CC[C@@H](Nc2cc3c([C@H]4CCN([C@H]5CCCc6c(F)cc(F)cc65)C[C@@H]4F)nccc3cn2)[C@H](F)C1. The number of nitrogens with zero attached hydrogens (tertiary/aromatic N) is 4. The number of likely N-dealkylation sites (tertiary alicyclic amines) is 1. The van der Waals surface area contributed by atoms with Gasteiger partial charge in [0.15, 0.2) is 0 Å². The molecule has 41 heavy (non-hydrogen) atoms. The Balaban J connectivity index is 1.20. The van der Waals surface area contributed by atoms with Crippen LogP contribution < -0.4 is 5.32 Å². The smallest absolute Gasteiger partial charge is 0.211 e. The lowest BCUT2D eigenvalue weighted by Gasteiger charge is -2.41. The van der Waals surface area contributed by atoms with Crippen LogP contribution in [0.3, 0.4) is 0 Å². The van der Waals surface area contributed by atoms with Gasteiger partial charge in [0, 0.05) is 60.8 Å². The molecule has 6 rings (SSSR count). The molecule has 2 saturated heterocycles. The van der Waals surface area contributed by atoms with Crippen LogP contribution in [-0.4, -0.2) is 78.4 Å². The minimum absolute atomic E-state index is 0.129. The topological polar surface area (TPSA) is 78.4 Å². The Morgan fingerprint density at radius 1 is 1.00 bits per heavy atom. The number of anilines is 1. The molecule has 12 heteroatoms. The second-order valence-electron chi connectivity index (χ2n) is 11.4. The van der Waals surface area contributed by atoms with Crippen LogP contribution in [0.5, 0.6) is 0 Å². The van der Waals surface area contributed by atoms with Crippen molar-refractivity contribution in [1.29, 1.82) is 0 Å². The Hall–Kier alpha value is -2.83. The third-order valence-electron chi connectivity index (χ3n) is 8.81. The van der Waals surface area contributed by atoms with Crippen molar-refractivity contribution in [2.75, 3.05) is 37.8 Å². The first-order chi connectivity index (χ1) is 19.6. The molecule has 2 fully saturated rings. The van der Waals surface area contributed by atoms with Gasteiger partial charge in [-0.05, 0) is 68.0 Å². The van der Waals surface area contributed by atoms with Gasteiger partial charge in [0.2, 0.25) is 10.0 Å². The molecule has 4 heterocycles. The molecule has 0 bridgehead atoms. The summed E-state index contributed by atoms with van der Waals surface area (Å²) in [7, 11) is -3.47. The predicted octanol–water partition coefficient (Wildman–Crippen LogP) is 4.90. The van der Waals surface area contributed by atoms with E-state index in [4.69, 9.17) is 0 Å². The molecule has 2 aliphatic heterocycles. The molecule has 3 aromatic rings. The molecule has 3 aliphatic rings. The van der Waals surface area contributed by atoms with Crippen molar-refractivity contribution in [2.45, 2.75) is 62.4 Å². The quantitative estimate of drug-likeness (QED) is 0.426. The zero-order valence-electron chi connectivity index (χ0n) is 22.7. The Labute approximate surface area is 237 Å². The van der Waals surface area contributed by atoms with Crippen LogP contribution in [0, 0.1) is 11.6 Å². The standard InChI is InChI=1S/C29H33F4N5O2S/c1-41(39,40)38-10-7-26(25(33)16-38)36-28-13-21-17(14-35-28)5-8-34-29(21)20-6-9-37(15-24(20)32)27-4-2-3-19-22(27)11-18(30)12-23(19)31/h5,8,11-14,20,24-27H,2-4,6-7,9-10,15-16H2,1H3,(H,35,36)/t20-,24-,25+,26+,27-/m0/s1. The van der Waals surface area contributed by atoms with Crippen LogP contribution in [0.2, 0.25) is 0 Å². The normalized spacial score (nSPS) is 28.0. The highest BCUT2D eigenvalue weighted by Crippen LogP contribution is 2.41. The molecule has 2 aromatic heterocycles. The van der Waals surface area contributed by atoms with Crippen LogP contribution in [0.4, 0.5) is 23.4 Å². The first kappa shape index (κ1) is 28.3. The first-order valence-corrected chi connectivity index (χ1v) is 15.9. The number of fused-ring (bicyclic) bond motifs is 2. The van der Waals surface area contributed by atoms with E-state index in [-0.39, 0.29) is 32.1 Å². The molecule has 0 amide bonds. The number of pyridine rings is 2. The van der Waals surface area contributed by atoms with Crippen LogP contribution in [0.1, 0.15) is 54.5 Å². The van der Waals surface area contributed by atoms with Gasteiger partial charge in [-0.1, -0.05) is 0 Å². The van der Waals surface area contributed by atoms with Gasteiger partial charge < -0.3 is 5.32 Å². The summed E-state index contributed by atoms with van der Waals surface area (Å²) in [4.78, 5) is 11.0. The number of alkyl halides is 2. The van der Waals surface area contributed by atoms with E-state index < -0.39 is 46.0 Å². The third-order valence-corrected chi connectivity index (χ3v) is 10.1. The zero-order valence-corrected chi connectivity index (χ0v) is 23.6. The fourth-order valence-corrected chi connectivity index (χ4v) is 7.55. The van der Waals surface area contributed by atoms with Crippen molar-refractivity contribution < 1.29 is 26.0 Å². The molecule has 1 aromatic carbocycles. The molecule has 0 spiro atoms. The Kier molecular flexibility index (Phi) is 7.67. The molecule has 220 valence electrons. The molecule has 5 atom stereocenters. The monoisotopic (exact) mass is 591 g/mol. The summed E-state index contributed by atoms with van der Waals surface area (Å²) >= 11 is 0. The highest BCUT2D eigenvalue weighted by atomic mass is 32.2. The largest absolute Gasteiger partial charge is 0.364 e. The predicted molar refractivity (Wildman–Crippen MR) is 149 cm³/mol. The molecule has 0 unspecified atom stereocenters. The summed E-state index contributed by atoms with van der Waals surface area (Å²) in [6.07, 6.45) is 4.51. The Morgan fingerprint density at radius 2 is 1.83 bits per heavy atom. The maximum absolute atomic E-state index is 15.9. The second kappa shape index (κ2) is 11.1. The average Bonchev–Trinajstić information content (AvgIpc) is 2.93. The van der Waals surface area contributed by atoms with Gasteiger partial charge in [-0.15, -0.1) is 0 Å².